The van der Waals surface area contributed by atoms with Gasteiger partial charge in [-0.2, -0.15) is 33.9 Å². The average Bonchev–Trinajstić information content (AvgIpc) is 1.63. The number of anilines is 2. The summed E-state index contributed by atoms with van der Waals surface area (Å²) in [5, 5.41) is 46.7. The standard InChI is InChI=1S/C26H28BClFN3O4.C25H23ClFN5O2.C5H7BrN2.C5H8N2.C4H6N2.C3H4N2.C2H6O4S/c1-25(2)26(3,4)36-27(35-25)17-12-20(23(30)31-13-17)15-8-9-19(21(29)11-15)24(34)32-22(14-33)16-6-5-7-18(28)10-16;1-14-21(12-30-32(14)2)17-9-20(24(28)29-11-17)15-6-7-19(22(27)10-15)25(34)31-23(13-33)16-4-3-5-18(26)8-16;1-4-5(6)3-7-8(4)2;1-5-3-4-6-7(5)2;1-6-4-2-3-5-6;1-2-4-5-3-1;1-5-7(3,4)6-2/h5-13,22,33H,14H2,1-4H3,(H2,30,31)(H,32,34);3-12,23,33H,13H2,1-2H3,(H2,28,29)(H,31,34);3H,1-2H3;3-4H,1-2H3;2-4H,1H3;1-3H,(H,4,5);1-2H3/t22-;23-;;;;;/m11...../s1/i;3*2D3;1D3;;. The summed E-state index contributed by atoms with van der Waals surface area (Å²) in [5.74, 6) is -2.59. The second-order valence-electron chi connectivity index (χ2n) is 22.8. The van der Waals surface area contributed by atoms with E-state index in [0.717, 1.165) is 39.0 Å². The number of rotatable bonds is 14. The van der Waals surface area contributed by atoms with Crippen LogP contribution in [0.2, 0.25) is 10.0 Å². The summed E-state index contributed by atoms with van der Waals surface area (Å²) >= 11 is 15.2. The molecule has 0 unspecified atom stereocenters. The third-order valence-corrected chi connectivity index (χ3v) is 17.4. The van der Waals surface area contributed by atoms with Crippen LogP contribution in [0.25, 0.3) is 33.4 Å². The zero-order valence-corrected chi connectivity index (χ0v) is 60.8. The number of halogens is 5. The molecule has 1 aliphatic rings. The van der Waals surface area contributed by atoms with Gasteiger partial charge in [0.25, 0.3) is 11.8 Å². The molecule has 1 aliphatic heterocycles. The number of aryl methyl sites for hydroxylation is 5. The molecule has 9 N–H and O–H groups in total. The maximum atomic E-state index is 15.1. The number of aromatic nitrogens is 12. The molecule has 0 radical (unpaired) electrons. The number of nitrogens with one attached hydrogen (secondary N) is 3. The van der Waals surface area contributed by atoms with Gasteiger partial charge in [-0.1, -0.05) is 59.6 Å². The fraction of sp³-hybridized carbons (Fsp3) is 0.271. The smallest absolute Gasteiger partial charge is 0.399 e. The first-order valence-electron chi connectivity index (χ1n) is 36.5. The predicted octanol–water partition coefficient (Wildman–Crippen LogP) is 10.8. The van der Waals surface area contributed by atoms with E-state index in [1.165, 1.54) is 61.4 Å². The van der Waals surface area contributed by atoms with E-state index in [2.05, 4.69) is 75.5 Å². The fourth-order valence-corrected chi connectivity index (χ4v) is 9.60. The average molecular weight is 1550 g/mol. The molecule has 7 aromatic heterocycles. The van der Waals surface area contributed by atoms with Crippen molar-refractivity contribution in [1.29, 1.82) is 0 Å². The monoisotopic (exact) mass is 1550 g/mol. The van der Waals surface area contributed by atoms with Gasteiger partial charge in [-0.05, 0) is 166 Å². The number of hydrogen-bond acceptors (Lipinski definition) is 19. The van der Waals surface area contributed by atoms with Gasteiger partial charge in [0, 0.05) is 143 Å². The van der Waals surface area contributed by atoms with Crippen molar-refractivity contribution >= 4 is 85.6 Å². The Balaban J connectivity index is 0.000000239. The molecule has 1 fully saturated rings. The van der Waals surface area contributed by atoms with Crippen LogP contribution in [0.4, 0.5) is 20.4 Å². The van der Waals surface area contributed by atoms with E-state index in [4.69, 9.17) is 60.4 Å². The number of aromatic amines is 1. The number of nitrogen functional groups attached to an aromatic ring is 2. The Morgan fingerprint density at radius 1 is 0.650 bits per heavy atom. The van der Waals surface area contributed by atoms with Crippen LogP contribution in [0, 0.1) is 32.4 Å². The van der Waals surface area contributed by atoms with Gasteiger partial charge in [0.1, 0.15) is 23.3 Å². The minimum absolute atomic E-state index is 0.127. The highest BCUT2D eigenvalue weighted by Crippen LogP contribution is 2.38. The summed E-state index contributed by atoms with van der Waals surface area (Å²) in [4.78, 5) is 34.0. The van der Waals surface area contributed by atoms with E-state index in [9.17, 15) is 28.2 Å². The van der Waals surface area contributed by atoms with Crippen LogP contribution in [0.5, 0.6) is 0 Å². The number of aliphatic hydroxyl groups is 2. The molecule has 2 amide bonds. The Morgan fingerprint density at radius 3 is 1.55 bits per heavy atom. The molecule has 26 nitrogen and oxygen atoms in total. The van der Waals surface area contributed by atoms with E-state index in [-0.39, 0.29) is 29.4 Å². The number of amides is 2. The molecule has 103 heavy (non-hydrogen) atoms. The van der Waals surface area contributed by atoms with Gasteiger partial charge in [-0.3, -0.25) is 41.8 Å². The van der Waals surface area contributed by atoms with Gasteiger partial charge in [-0.15, -0.1) is 0 Å². The van der Waals surface area contributed by atoms with Crippen LogP contribution in [0.15, 0.2) is 176 Å². The minimum atomic E-state index is -3.66. The predicted molar refractivity (Wildman–Crippen MR) is 397 cm³/mol. The zero-order chi connectivity index (χ0) is 85.9. The van der Waals surface area contributed by atoms with Crippen molar-refractivity contribution < 1.29 is 71.1 Å². The normalized spacial score (nSPS) is 15.2. The summed E-state index contributed by atoms with van der Waals surface area (Å²) in [6.07, 6.45) is 13.7. The molecular formula is C70H82BBrCl2F2N16O10S. The van der Waals surface area contributed by atoms with E-state index >= 15 is 8.78 Å². The number of benzene rings is 4. The second kappa shape index (κ2) is 38.1. The number of H-pyrrole nitrogens is 1. The minimum Gasteiger partial charge on any atom is -0.399 e. The maximum Gasteiger partial charge on any atom is 0.496 e. The summed E-state index contributed by atoms with van der Waals surface area (Å²) in [7, 11) is -2.26. The highest BCUT2D eigenvalue weighted by atomic mass is 79.9. The van der Waals surface area contributed by atoms with Gasteiger partial charge in [0.15, 0.2) is 0 Å². The lowest BCUT2D eigenvalue weighted by atomic mass is 9.79. The molecule has 4 aromatic carbocycles. The van der Waals surface area contributed by atoms with E-state index in [1.54, 1.807) is 118 Å². The molecule has 8 heterocycles. The van der Waals surface area contributed by atoms with Crippen molar-refractivity contribution in [3.05, 3.63) is 237 Å². The summed E-state index contributed by atoms with van der Waals surface area (Å²) in [5.41, 5.74) is 17.0. The molecular weight excluding hydrogens is 1460 g/mol. The Kier molecular flexibility index (Phi) is 24.2. The molecule has 11 aromatic rings. The number of pyridine rings is 2. The fourth-order valence-electron chi connectivity index (χ4n) is 8.81. The van der Waals surface area contributed by atoms with E-state index in [1.807, 2.05) is 33.8 Å². The molecule has 33 heteroatoms. The maximum absolute atomic E-state index is 15.1. The Morgan fingerprint density at radius 2 is 1.18 bits per heavy atom. The van der Waals surface area contributed by atoms with Crippen molar-refractivity contribution in [3.63, 3.8) is 0 Å². The Hall–Kier alpha value is -9.54. The third kappa shape index (κ3) is 23.5. The van der Waals surface area contributed by atoms with Crippen molar-refractivity contribution in [3.8, 4) is 33.4 Å². The van der Waals surface area contributed by atoms with Crippen molar-refractivity contribution in [2.75, 3.05) is 38.9 Å². The van der Waals surface area contributed by atoms with Crippen molar-refractivity contribution in [2.45, 2.75) is 71.8 Å². The molecule has 0 saturated carbocycles. The van der Waals surface area contributed by atoms with Crippen molar-refractivity contribution in [1.82, 2.24) is 69.9 Å². The Labute approximate surface area is 632 Å². The lowest BCUT2D eigenvalue weighted by Gasteiger charge is -2.32. The number of carbonyl (C=O) groups excluding carboxylic acids is 2. The van der Waals surface area contributed by atoms with E-state index in [0.29, 0.717) is 81.6 Å². The summed E-state index contributed by atoms with van der Waals surface area (Å²) in [6.45, 7) is 3.19. The van der Waals surface area contributed by atoms with Crippen LogP contribution >= 0.6 is 39.1 Å². The molecule has 0 spiro atoms. The molecule has 0 bridgehead atoms. The van der Waals surface area contributed by atoms with Crippen LogP contribution in [-0.4, -0.2) is 135 Å². The lowest BCUT2D eigenvalue weighted by Crippen LogP contribution is -2.41. The molecule has 12 rings (SSSR count). The van der Waals surface area contributed by atoms with Gasteiger partial charge < -0.3 is 41.6 Å². The first-order valence-corrected chi connectivity index (χ1v) is 33.3. The first-order chi connectivity index (χ1) is 53.6. The molecule has 0 aliphatic carbocycles. The Bertz CT molecular complexity index is 5120. The number of carbonyl (C=O) groups is 2. The summed E-state index contributed by atoms with van der Waals surface area (Å²) in [6, 6.07) is 28.5. The van der Waals surface area contributed by atoms with Crippen LogP contribution in [0.1, 0.15) is 105 Å². The highest BCUT2D eigenvalue weighted by molar-refractivity contribution is 9.10. The summed E-state index contributed by atoms with van der Waals surface area (Å²) < 4.78 is 160. The number of hydrogen-bond donors (Lipinski definition) is 7. The topological polar surface area (TPSA) is 348 Å². The first kappa shape index (κ1) is 65.5. The second-order valence-corrected chi connectivity index (χ2v) is 26.0. The quantitative estimate of drug-likeness (QED) is 0.0497. The molecule has 546 valence electrons. The molecule has 2 atom stereocenters. The van der Waals surface area contributed by atoms with E-state index < -0.39 is 98.8 Å². The molecule has 1 saturated heterocycles. The van der Waals surface area contributed by atoms with Gasteiger partial charge >= 0.3 is 17.5 Å². The van der Waals surface area contributed by atoms with Crippen molar-refractivity contribution in [2.24, 2.45) is 27.9 Å². The van der Waals surface area contributed by atoms with Crippen LogP contribution in [-0.2, 0) is 56.0 Å². The lowest BCUT2D eigenvalue weighted by molar-refractivity contribution is 0.00578. The van der Waals surface area contributed by atoms with Gasteiger partial charge in [0.2, 0.25) is 0 Å². The SMILES string of the molecule is CC1(C)OB(c2cnc(N)c(-c3ccc(C(=O)N[C@H](CO)c4cccc(Cl)c4)c(F)c3)c2)OC1(C)C.COS(=O)(=O)OC.[2H]C([2H])([2H])n1cccn1.[2H]C([2H])([2H])n1ncc(-c2cnc(N)c(-c3ccc(C(=O)N[C@H](CO)c4cccc(Cl)c4)c(F)c3)c2)c1C.[2H]C([2H])([2H])n1ncc(Br)c1C.[2H]C([2H])([2H])n1nccc1C.c1cn[nH]c1. The number of nitrogens with zero attached hydrogens (tertiary/aromatic N) is 11. The highest BCUT2D eigenvalue weighted by Gasteiger charge is 2.52. The van der Waals surface area contributed by atoms with Crippen LogP contribution < -0.4 is 27.6 Å². The third-order valence-electron chi connectivity index (χ3n) is 15.3. The van der Waals surface area contributed by atoms with Gasteiger partial charge in [-0.25, -0.2) is 18.7 Å². The zero-order valence-electron chi connectivity index (χ0n) is 68.8. The number of nitrogens with two attached hydrogens (primary N) is 2. The van der Waals surface area contributed by atoms with Gasteiger partial charge in [0.05, 0.1) is 78.7 Å². The largest absolute Gasteiger partial charge is 0.496 e. The van der Waals surface area contributed by atoms with Crippen LogP contribution in [0.3, 0.4) is 0 Å². The number of aliphatic hydroxyl groups excluding tert-OH is 2.